The van der Waals surface area contributed by atoms with Gasteiger partial charge in [0.15, 0.2) is 0 Å². The summed E-state index contributed by atoms with van der Waals surface area (Å²) in [6.45, 7) is 9.70. The zero-order valence-electron chi connectivity index (χ0n) is 29.6. The molecule has 0 bridgehead atoms. The first-order valence-corrected chi connectivity index (χ1v) is 18.2. The predicted molar refractivity (Wildman–Crippen MR) is 191 cm³/mol. The Hall–Kier alpha value is -3.16. The highest BCUT2D eigenvalue weighted by atomic mass is 32.1. The summed E-state index contributed by atoms with van der Waals surface area (Å²) in [4.78, 5) is 33.5. The van der Waals surface area contributed by atoms with E-state index in [1.54, 1.807) is 0 Å². The molecule has 1 N–H and O–H groups in total. The molecule has 47 heavy (non-hydrogen) atoms. The van der Waals surface area contributed by atoms with Gasteiger partial charge in [0.05, 0.1) is 28.2 Å². The summed E-state index contributed by atoms with van der Waals surface area (Å²) >= 11 is 2.74. The van der Waals surface area contributed by atoms with Crippen LogP contribution in [0.15, 0.2) is 0 Å². The van der Waals surface area contributed by atoms with E-state index in [4.69, 9.17) is 4.74 Å². The Morgan fingerprint density at radius 3 is 1.34 bits per heavy atom. The minimum atomic E-state index is -1.01. The van der Waals surface area contributed by atoms with Crippen LogP contribution in [0.5, 0.6) is 0 Å². The fourth-order valence-electron chi connectivity index (χ4n) is 7.22. The van der Waals surface area contributed by atoms with Crippen LogP contribution in [-0.2, 0) is 4.74 Å². The number of methoxy groups -OCH3 is 1. The second-order valence-electron chi connectivity index (χ2n) is 12.9. The Morgan fingerprint density at radius 2 is 1.06 bits per heavy atom. The van der Waals surface area contributed by atoms with E-state index in [2.05, 4.69) is 67.7 Å². The topological polar surface area (TPSA) is 124 Å². The number of ether oxygens (including phenoxy) is 1. The molecule has 2 fully saturated rings. The van der Waals surface area contributed by atoms with Crippen LogP contribution in [0.25, 0.3) is 0 Å². The average molecular weight is 685 g/mol. The van der Waals surface area contributed by atoms with Gasteiger partial charge in [0.1, 0.15) is 21.9 Å². The highest BCUT2D eigenvalue weighted by molar-refractivity contribution is 7.17. The lowest BCUT2D eigenvalue weighted by atomic mass is 9.89. The van der Waals surface area contributed by atoms with Gasteiger partial charge in [-0.2, -0.15) is 10.5 Å². The number of nitriles is 2. The number of anilines is 2. The third-order valence-electron chi connectivity index (χ3n) is 9.93. The van der Waals surface area contributed by atoms with E-state index in [1.165, 1.54) is 42.6 Å². The van der Waals surface area contributed by atoms with Crippen molar-refractivity contribution >= 4 is 44.6 Å². The number of esters is 1. The third-order valence-corrected chi connectivity index (χ3v) is 12.4. The lowest BCUT2D eigenvalue weighted by Gasteiger charge is -2.39. The van der Waals surface area contributed by atoms with Crippen molar-refractivity contribution in [3.63, 3.8) is 0 Å². The molecule has 2 aliphatic carbocycles. The molecule has 0 saturated heterocycles. The number of carbonyl (C=O) groups excluding carboxylic acids is 1. The molecule has 0 unspecified atom stereocenters. The minimum Gasteiger partial charge on any atom is -0.478 e. The Labute approximate surface area is 289 Å². The normalized spacial score (nSPS) is 21.0. The van der Waals surface area contributed by atoms with Gasteiger partial charge < -0.3 is 29.4 Å². The van der Waals surface area contributed by atoms with Gasteiger partial charge in [0.2, 0.25) is 0 Å². The highest BCUT2D eigenvalue weighted by Crippen LogP contribution is 2.40. The van der Waals surface area contributed by atoms with E-state index in [0.717, 1.165) is 72.7 Å². The van der Waals surface area contributed by atoms with Crippen molar-refractivity contribution in [2.75, 3.05) is 58.2 Å². The first-order chi connectivity index (χ1) is 22.3. The summed E-state index contributed by atoms with van der Waals surface area (Å²) in [6.07, 6.45) is 9.20. The van der Waals surface area contributed by atoms with Gasteiger partial charge in [0, 0.05) is 37.3 Å². The van der Waals surface area contributed by atoms with E-state index < -0.39 is 11.9 Å². The minimum absolute atomic E-state index is 0.174. The maximum Gasteiger partial charge on any atom is 0.340 e. The number of aromatic carboxylic acids is 1. The number of thiophene rings is 2. The number of carboxylic acids is 1. The zero-order chi connectivity index (χ0) is 35.0. The van der Waals surface area contributed by atoms with E-state index in [9.17, 15) is 25.2 Å². The summed E-state index contributed by atoms with van der Waals surface area (Å²) in [5, 5.41) is 30.0. The molecule has 258 valence electrons. The summed E-state index contributed by atoms with van der Waals surface area (Å²) in [5.41, 5.74) is 2.21. The van der Waals surface area contributed by atoms with Crippen LogP contribution >= 0.6 is 22.7 Å². The predicted octanol–water partition coefficient (Wildman–Crippen LogP) is 6.74. The van der Waals surface area contributed by atoms with Crippen LogP contribution in [0.2, 0.25) is 0 Å². The molecule has 4 rings (SSSR count). The number of carboxylic acid groups (broad SMARTS) is 1. The molecule has 2 heterocycles. The Bertz CT molecular complexity index is 1450. The van der Waals surface area contributed by atoms with E-state index >= 15 is 0 Å². The third kappa shape index (κ3) is 8.66. The van der Waals surface area contributed by atoms with Crippen molar-refractivity contribution in [2.45, 2.75) is 103 Å². The molecule has 2 aliphatic rings. The van der Waals surface area contributed by atoms with Crippen LogP contribution in [-0.4, -0.2) is 99.4 Å². The second kappa shape index (κ2) is 17.3. The molecule has 2 aromatic rings. The van der Waals surface area contributed by atoms with Gasteiger partial charge in [-0.3, -0.25) is 0 Å². The van der Waals surface area contributed by atoms with Crippen LogP contribution in [0.1, 0.15) is 107 Å². The van der Waals surface area contributed by atoms with Crippen molar-refractivity contribution in [3.05, 3.63) is 32.0 Å². The van der Waals surface area contributed by atoms with Crippen molar-refractivity contribution in [1.82, 2.24) is 9.80 Å². The van der Waals surface area contributed by atoms with Gasteiger partial charge in [-0.1, -0.05) is 0 Å². The summed E-state index contributed by atoms with van der Waals surface area (Å²) in [7, 11) is 9.91. The standard InChI is InChI=1S/C18H27N3O2S.C17H25N3O2S/c1-6-21(14-9-7-13(8-10-14)20(3)4)17-12(2)16(18(22)23-5)15(11-19)24-17;1-5-20(13-8-6-12(7-9-13)19(3)4)16-11(2)15(17(21)22)14(10-18)23-16/h13-14H,6-10H2,1-5H3;12-13H,5-9H2,1-4H3,(H,21,22). The number of hydrogen-bond donors (Lipinski definition) is 1. The van der Waals surface area contributed by atoms with Crippen LogP contribution in [0.3, 0.4) is 0 Å². The van der Waals surface area contributed by atoms with Gasteiger partial charge >= 0.3 is 11.9 Å². The SMILES string of the molecule is CCN(c1sc(C#N)c(C(=O)O)c1C)C1CCC(N(C)C)CC1.CCN(c1sc(C#N)c(C(=O)OC)c1C)C1CCC(N(C)C)CC1. The van der Waals surface area contributed by atoms with Crippen LogP contribution in [0, 0.1) is 36.5 Å². The molecular weight excluding hydrogens is 633 g/mol. The molecule has 0 amide bonds. The molecular formula is C35H52N6O4S2. The quantitative estimate of drug-likeness (QED) is 0.269. The summed E-state index contributed by atoms with van der Waals surface area (Å²) < 4.78 is 4.86. The van der Waals surface area contributed by atoms with E-state index in [0.29, 0.717) is 39.5 Å². The molecule has 12 heteroatoms. The van der Waals surface area contributed by atoms with Crippen LogP contribution in [0.4, 0.5) is 10.0 Å². The first-order valence-electron chi connectivity index (χ1n) is 16.6. The van der Waals surface area contributed by atoms with Crippen molar-refractivity contribution in [1.29, 1.82) is 10.5 Å². The Balaban J connectivity index is 0.000000256. The van der Waals surface area contributed by atoms with Gasteiger partial charge in [-0.05, 0) is 118 Å². The van der Waals surface area contributed by atoms with Crippen LogP contribution < -0.4 is 9.80 Å². The van der Waals surface area contributed by atoms with E-state index in [-0.39, 0.29) is 5.56 Å². The molecule has 10 nitrogen and oxygen atoms in total. The first kappa shape index (κ1) is 38.3. The maximum atomic E-state index is 12.0. The Morgan fingerprint density at radius 1 is 0.723 bits per heavy atom. The summed E-state index contributed by atoms with van der Waals surface area (Å²) in [5.74, 6) is -1.42. The van der Waals surface area contributed by atoms with Gasteiger partial charge in [-0.15, -0.1) is 22.7 Å². The average Bonchev–Trinajstić information content (AvgIpc) is 3.58. The second-order valence-corrected chi connectivity index (χ2v) is 14.9. The lowest BCUT2D eigenvalue weighted by Crippen LogP contribution is -2.42. The van der Waals surface area contributed by atoms with Crippen molar-refractivity contribution in [2.24, 2.45) is 0 Å². The molecule has 0 radical (unpaired) electrons. The number of carbonyl (C=O) groups is 2. The summed E-state index contributed by atoms with van der Waals surface area (Å²) in [6, 6.07) is 6.41. The Kier molecular flexibility index (Phi) is 14.1. The molecule has 0 aliphatic heterocycles. The van der Waals surface area contributed by atoms with Crippen molar-refractivity contribution < 1.29 is 19.4 Å². The number of hydrogen-bond acceptors (Lipinski definition) is 11. The largest absolute Gasteiger partial charge is 0.478 e. The van der Waals surface area contributed by atoms with Gasteiger partial charge in [-0.25, -0.2) is 9.59 Å². The number of rotatable bonds is 10. The fraction of sp³-hybridized carbons (Fsp3) is 0.657. The molecule has 0 atom stereocenters. The fourth-order valence-corrected chi connectivity index (χ4v) is 9.68. The molecule has 0 aromatic carbocycles. The van der Waals surface area contributed by atoms with Crippen molar-refractivity contribution in [3.8, 4) is 12.1 Å². The molecule has 2 aromatic heterocycles. The number of nitrogens with zero attached hydrogens (tertiary/aromatic N) is 6. The monoisotopic (exact) mass is 684 g/mol. The molecule has 2 saturated carbocycles. The molecule has 0 spiro atoms. The lowest BCUT2D eigenvalue weighted by molar-refractivity contribution is 0.0599. The smallest absolute Gasteiger partial charge is 0.340 e. The highest BCUT2D eigenvalue weighted by Gasteiger charge is 2.32. The van der Waals surface area contributed by atoms with Gasteiger partial charge in [0.25, 0.3) is 0 Å². The van der Waals surface area contributed by atoms with E-state index in [1.807, 2.05) is 19.9 Å². The maximum absolute atomic E-state index is 12.0. The zero-order valence-corrected chi connectivity index (χ0v) is 31.2.